The average molecular weight is 407 g/mol. The first kappa shape index (κ1) is 17.9. The first-order valence-electron chi connectivity index (χ1n) is 10.5. The minimum absolute atomic E-state index is 0.0610. The standard InChI is InChI=1S/C25H21N5O/c31-25(30-13-12-17(15-30)16-6-2-1-3-7-16)26-18-10-11-20-19(14-18)23-24(28-20)29-22-9-5-4-8-21(22)27-23/h1-11,14,17H,12-13,15H2,(H,26,31)(H,28,29)/t17-/m0/s1. The van der Waals surface area contributed by atoms with Gasteiger partial charge in [0.25, 0.3) is 0 Å². The van der Waals surface area contributed by atoms with Crippen molar-refractivity contribution in [2.75, 3.05) is 18.4 Å². The Bertz CT molecular complexity index is 1430. The number of fused-ring (bicyclic) bond motifs is 4. The predicted octanol–water partition coefficient (Wildman–Crippen LogP) is 5.29. The summed E-state index contributed by atoms with van der Waals surface area (Å²) in [5.41, 5.74) is 6.29. The summed E-state index contributed by atoms with van der Waals surface area (Å²) in [6.07, 6.45) is 0.988. The summed E-state index contributed by atoms with van der Waals surface area (Å²) in [5.74, 6) is 0.395. The third kappa shape index (κ3) is 3.17. The second-order valence-electron chi connectivity index (χ2n) is 8.07. The Balaban J connectivity index is 1.27. The summed E-state index contributed by atoms with van der Waals surface area (Å²) < 4.78 is 0. The van der Waals surface area contributed by atoms with Gasteiger partial charge in [-0.15, -0.1) is 0 Å². The number of urea groups is 1. The monoisotopic (exact) mass is 407 g/mol. The molecule has 0 spiro atoms. The first-order chi connectivity index (χ1) is 15.2. The fraction of sp³-hybridized carbons (Fsp3) is 0.160. The third-order valence-corrected chi connectivity index (χ3v) is 6.10. The summed E-state index contributed by atoms with van der Waals surface area (Å²) in [6, 6.07) is 24.1. The molecule has 152 valence electrons. The van der Waals surface area contributed by atoms with Crippen molar-refractivity contribution < 1.29 is 4.79 Å². The highest BCUT2D eigenvalue weighted by Gasteiger charge is 2.27. The maximum atomic E-state index is 12.9. The second-order valence-corrected chi connectivity index (χ2v) is 8.07. The van der Waals surface area contributed by atoms with Gasteiger partial charge in [0.1, 0.15) is 5.52 Å². The number of hydrogen-bond donors (Lipinski definition) is 2. The molecule has 31 heavy (non-hydrogen) atoms. The Labute approximate surface area is 178 Å². The third-order valence-electron chi connectivity index (χ3n) is 6.10. The molecule has 1 aliphatic heterocycles. The summed E-state index contributed by atoms with van der Waals surface area (Å²) in [5, 5.41) is 4.02. The van der Waals surface area contributed by atoms with Crippen molar-refractivity contribution in [2.24, 2.45) is 0 Å². The van der Waals surface area contributed by atoms with Crippen LogP contribution < -0.4 is 5.32 Å². The van der Waals surface area contributed by atoms with Crippen molar-refractivity contribution in [3.8, 4) is 0 Å². The molecule has 1 atom stereocenters. The number of nitrogens with one attached hydrogen (secondary N) is 2. The number of aromatic nitrogens is 3. The molecule has 5 aromatic rings. The highest BCUT2D eigenvalue weighted by atomic mass is 16.2. The topological polar surface area (TPSA) is 73.9 Å². The molecular weight excluding hydrogens is 386 g/mol. The number of H-pyrrole nitrogens is 1. The molecule has 2 N–H and O–H groups in total. The van der Waals surface area contributed by atoms with Gasteiger partial charge in [0, 0.05) is 35.6 Å². The molecule has 6 nitrogen and oxygen atoms in total. The van der Waals surface area contributed by atoms with Crippen molar-refractivity contribution in [1.82, 2.24) is 19.9 Å². The molecule has 1 saturated heterocycles. The first-order valence-corrected chi connectivity index (χ1v) is 10.5. The van der Waals surface area contributed by atoms with E-state index in [-0.39, 0.29) is 6.03 Å². The van der Waals surface area contributed by atoms with E-state index in [0.29, 0.717) is 5.92 Å². The van der Waals surface area contributed by atoms with Crippen LogP contribution in [0.5, 0.6) is 0 Å². The van der Waals surface area contributed by atoms with Gasteiger partial charge in [-0.25, -0.2) is 14.8 Å². The van der Waals surface area contributed by atoms with E-state index in [9.17, 15) is 4.79 Å². The largest absolute Gasteiger partial charge is 0.338 e. The van der Waals surface area contributed by atoms with Crippen LogP contribution >= 0.6 is 0 Å². The number of carbonyl (C=O) groups excluding carboxylic acids is 1. The Morgan fingerprint density at radius 3 is 2.58 bits per heavy atom. The van der Waals surface area contributed by atoms with Crippen LogP contribution in [-0.4, -0.2) is 39.0 Å². The molecule has 6 heteroatoms. The Morgan fingerprint density at radius 2 is 1.74 bits per heavy atom. The van der Waals surface area contributed by atoms with E-state index in [0.717, 1.165) is 58.3 Å². The zero-order valence-electron chi connectivity index (χ0n) is 16.9. The van der Waals surface area contributed by atoms with E-state index >= 15 is 0 Å². The zero-order valence-corrected chi connectivity index (χ0v) is 16.9. The number of hydrogen-bond acceptors (Lipinski definition) is 3. The van der Waals surface area contributed by atoms with E-state index in [1.165, 1.54) is 5.56 Å². The summed E-state index contributed by atoms with van der Waals surface area (Å²) >= 11 is 0. The van der Waals surface area contributed by atoms with Gasteiger partial charge >= 0.3 is 6.03 Å². The Kier molecular flexibility index (Phi) is 4.09. The van der Waals surface area contributed by atoms with Crippen LogP contribution in [-0.2, 0) is 0 Å². The number of rotatable bonds is 2. The molecule has 2 aromatic heterocycles. The lowest BCUT2D eigenvalue weighted by molar-refractivity contribution is 0.222. The van der Waals surface area contributed by atoms with Crippen LogP contribution in [0.15, 0.2) is 72.8 Å². The van der Waals surface area contributed by atoms with Crippen molar-refractivity contribution in [3.05, 3.63) is 78.4 Å². The van der Waals surface area contributed by atoms with E-state index in [2.05, 4.69) is 34.6 Å². The molecule has 0 unspecified atom stereocenters. The van der Waals surface area contributed by atoms with Crippen molar-refractivity contribution in [2.45, 2.75) is 12.3 Å². The number of anilines is 1. The molecule has 6 rings (SSSR count). The minimum Gasteiger partial charge on any atom is -0.338 e. The molecular formula is C25H21N5O. The van der Waals surface area contributed by atoms with Gasteiger partial charge < -0.3 is 15.2 Å². The molecule has 3 heterocycles. The number of benzene rings is 3. The molecule has 3 aromatic carbocycles. The van der Waals surface area contributed by atoms with Crippen molar-refractivity contribution in [1.29, 1.82) is 0 Å². The fourth-order valence-corrected chi connectivity index (χ4v) is 4.47. The molecule has 0 radical (unpaired) electrons. The Morgan fingerprint density at radius 1 is 0.968 bits per heavy atom. The van der Waals surface area contributed by atoms with E-state index in [4.69, 9.17) is 9.97 Å². The van der Waals surface area contributed by atoms with E-state index in [1.54, 1.807) is 0 Å². The normalized spacial score (nSPS) is 16.4. The number of carbonyl (C=O) groups is 1. The van der Waals surface area contributed by atoms with Gasteiger partial charge in [-0.2, -0.15) is 0 Å². The quantitative estimate of drug-likeness (QED) is 0.418. The van der Waals surface area contributed by atoms with Crippen LogP contribution in [0, 0.1) is 0 Å². The number of aromatic amines is 1. The maximum absolute atomic E-state index is 12.9. The number of para-hydroxylation sites is 2. The number of amides is 2. The van der Waals surface area contributed by atoms with Gasteiger partial charge in [-0.1, -0.05) is 42.5 Å². The van der Waals surface area contributed by atoms with Gasteiger partial charge in [0.2, 0.25) is 0 Å². The number of likely N-dealkylation sites (tertiary alicyclic amines) is 1. The van der Waals surface area contributed by atoms with Gasteiger partial charge in [-0.05, 0) is 42.3 Å². The highest BCUT2D eigenvalue weighted by molar-refractivity contribution is 6.07. The van der Waals surface area contributed by atoms with Crippen molar-refractivity contribution >= 4 is 44.8 Å². The van der Waals surface area contributed by atoms with Gasteiger partial charge in [0.15, 0.2) is 5.65 Å². The molecule has 0 bridgehead atoms. The van der Waals surface area contributed by atoms with Crippen LogP contribution in [0.2, 0.25) is 0 Å². The van der Waals surface area contributed by atoms with Crippen LogP contribution in [0.4, 0.5) is 10.5 Å². The lowest BCUT2D eigenvalue weighted by Crippen LogP contribution is -2.32. The Hall–Kier alpha value is -3.93. The van der Waals surface area contributed by atoms with Crippen LogP contribution in [0.25, 0.3) is 33.1 Å². The molecule has 1 fully saturated rings. The molecule has 1 aliphatic rings. The van der Waals surface area contributed by atoms with Gasteiger partial charge in [-0.3, -0.25) is 0 Å². The maximum Gasteiger partial charge on any atom is 0.321 e. The summed E-state index contributed by atoms with van der Waals surface area (Å²) in [4.78, 5) is 27.6. The SMILES string of the molecule is O=C(Nc1ccc2[nH]c3nc4ccccc4nc3c2c1)N1CC[C@H](c2ccccc2)C1. The molecule has 0 saturated carbocycles. The average Bonchev–Trinajstić information content (AvgIpc) is 3.43. The smallest absolute Gasteiger partial charge is 0.321 e. The minimum atomic E-state index is -0.0610. The predicted molar refractivity (Wildman–Crippen MR) is 123 cm³/mol. The van der Waals surface area contributed by atoms with Crippen molar-refractivity contribution in [3.63, 3.8) is 0 Å². The lowest BCUT2D eigenvalue weighted by Gasteiger charge is -2.17. The van der Waals surface area contributed by atoms with E-state index in [1.807, 2.05) is 53.4 Å². The summed E-state index contributed by atoms with van der Waals surface area (Å²) in [7, 11) is 0. The zero-order chi connectivity index (χ0) is 20.8. The molecule has 0 aliphatic carbocycles. The van der Waals surface area contributed by atoms with Gasteiger partial charge in [0.05, 0.1) is 11.0 Å². The fourth-order valence-electron chi connectivity index (χ4n) is 4.47. The van der Waals surface area contributed by atoms with Crippen LogP contribution in [0.3, 0.4) is 0 Å². The van der Waals surface area contributed by atoms with E-state index < -0.39 is 0 Å². The van der Waals surface area contributed by atoms with Crippen LogP contribution in [0.1, 0.15) is 17.9 Å². The summed E-state index contributed by atoms with van der Waals surface area (Å²) in [6.45, 7) is 1.50. The molecule has 2 amide bonds. The second kappa shape index (κ2) is 7.09. The number of nitrogens with zero attached hydrogens (tertiary/aromatic N) is 3. The highest BCUT2D eigenvalue weighted by Crippen LogP contribution is 2.29. The lowest BCUT2D eigenvalue weighted by atomic mass is 9.99.